The average Bonchev–Trinajstić information content (AvgIpc) is 2.28. The van der Waals surface area contributed by atoms with Crippen LogP contribution in [0.4, 0.5) is 5.69 Å². The summed E-state index contributed by atoms with van der Waals surface area (Å²) in [6.45, 7) is 6.18. The van der Waals surface area contributed by atoms with Gasteiger partial charge in [0, 0.05) is 23.9 Å². The van der Waals surface area contributed by atoms with E-state index in [0.29, 0.717) is 30.4 Å². The number of ketones is 1. The molecule has 1 aromatic carbocycles. The van der Waals surface area contributed by atoms with E-state index in [9.17, 15) is 9.59 Å². The second-order valence-corrected chi connectivity index (χ2v) is 3.99. The molecule has 0 bridgehead atoms. The minimum absolute atomic E-state index is 0.136. The van der Waals surface area contributed by atoms with Crippen LogP contribution >= 0.6 is 0 Å². The molecule has 104 valence electrons. The first-order valence-electron chi connectivity index (χ1n) is 6.25. The standard InChI is InChI=1S/C14H19NO4/c1-4-18-12-7-11(8-13(9-12)19-5-2)15-14(17)6-10(3)16/h7-9H,4-6H2,1-3H3,(H,15,17). The molecule has 1 amide bonds. The first-order chi connectivity index (χ1) is 9.05. The topological polar surface area (TPSA) is 64.6 Å². The van der Waals surface area contributed by atoms with Crippen LogP contribution in [-0.4, -0.2) is 24.9 Å². The predicted octanol–water partition coefficient (Wildman–Crippen LogP) is 2.40. The molecule has 1 aromatic rings. The summed E-state index contributed by atoms with van der Waals surface area (Å²) in [6.07, 6.45) is -0.136. The number of amides is 1. The Labute approximate surface area is 112 Å². The molecular weight excluding hydrogens is 246 g/mol. The second kappa shape index (κ2) is 7.41. The lowest BCUT2D eigenvalue weighted by molar-refractivity contribution is -0.124. The van der Waals surface area contributed by atoms with Gasteiger partial charge in [0.15, 0.2) is 0 Å². The van der Waals surface area contributed by atoms with Crippen molar-refractivity contribution in [2.75, 3.05) is 18.5 Å². The molecule has 0 saturated carbocycles. The fourth-order valence-corrected chi connectivity index (χ4v) is 1.58. The Morgan fingerprint density at radius 2 is 1.58 bits per heavy atom. The van der Waals surface area contributed by atoms with Crippen LogP contribution < -0.4 is 14.8 Å². The zero-order valence-electron chi connectivity index (χ0n) is 11.5. The minimum atomic E-state index is -0.344. The largest absolute Gasteiger partial charge is 0.494 e. The van der Waals surface area contributed by atoms with Crippen LogP contribution in [0.3, 0.4) is 0 Å². The van der Waals surface area contributed by atoms with E-state index in [4.69, 9.17) is 9.47 Å². The van der Waals surface area contributed by atoms with Crippen LogP contribution in [0.25, 0.3) is 0 Å². The Balaban J connectivity index is 2.85. The molecule has 0 aliphatic carbocycles. The SMILES string of the molecule is CCOc1cc(NC(=O)CC(C)=O)cc(OCC)c1. The van der Waals surface area contributed by atoms with E-state index >= 15 is 0 Å². The summed E-state index contributed by atoms with van der Waals surface area (Å²) in [6, 6.07) is 5.15. The Morgan fingerprint density at radius 3 is 2.00 bits per heavy atom. The van der Waals surface area contributed by atoms with Crippen LogP contribution in [0.15, 0.2) is 18.2 Å². The number of nitrogens with one attached hydrogen (secondary N) is 1. The zero-order valence-corrected chi connectivity index (χ0v) is 11.5. The lowest BCUT2D eigenvalue weighted by Gasteiger charge is -2.11. The van der Waals surface area contributed by atoms with E-state index in [1.165, 1.54) is 6.92 Å². The van der Waals surface area contributed by atoms with Crippen molar-refractivity contribution in [1.29, 1.82) is 0 Å². The lowest BCUT2D eigenvalue weighted by Crippen LogP contribution is -2.14. The van der Waals surface area contributed by atoms with Crippen molar-refractivity contribution in [3.63, 3.8) is 0 Å². The Hall–Kier alpha value is -2.04. The van der Waals surface area contributed by atoms with Crippen molar-refractivity contribution < 1.29 is 19.1 Å². The third-order valence-electron chi connectivity index (χ3n) is 2.20. The number of hydrogen-bond donors (Lipinski definition) is 1. The molecule has 0 aliphatic rings. The molecule has 1 N–H and O–H groups in total. The molecule has 0 saturated heterocycles. The summed E-state index contributed by atoms with van der Waals surface area (Å²) in [5.41, 5.74) is 0.556. The maximum atomic E-state index is 11.5. The Kier molecular flexibility index (Phi) is 5.85. The first kappa shape index (κ1) is 15.0. The number of carbonyl (C=O) groups excluding carboxylic acids is 2. The van der Waals surface area contributed by atoms with Crippen molar-refractivity contribution in [1.82, 2.24) is 0 Å². The van der Waals surface area contributed by atoms with Crippen molar-refractivity contribution >= 4 is 17.4 Å². The van der Waals surface area contributed by atoms with Gasteiger partial charge < -0.3 is 14.8 Å². The van der Waals surface area contributed by atoms with Gasteiger partial charge >= 0.3 is 0 Å². The van der Waals surface area contributed by atoms with E-state index in [-0.39, 0.29) is 18.1 Å². The molecule has 19 heavy (non-hydrogen) atoms. The molecule has 0 aromatic heterocycles. The molecule has 0 heterocycles. The number of Topliss-reactive ketones (excluding diaryl/α,β-unsaturated/α-hetero) is 1. The minimum Gasteiger partial charge on any atom is -0.494 e. The molecule has 5 nitrogen and oxygen atoms in total. The molecule has 0 fully saturated rings. The molecule has 0 spiro atoms. The van der Waals surface area contributed by atoms with Gasteiger partial charge in [0.05, 0.1) is 19.6 Å². The highest BCUT2D eigenvalue weighted by atomic mass is 16.5. The van der Waals surface area contributed by atoms with Gasteiger partial charge in [0.2, 0.25) is 5.91 Å². The fraction of sp³-hybridized carbons (Fsp3) is 0.429. The summed E-state index contributed by atoms with van der Waals surface area (Å²) < 4.78 is 10.8. The number of rotatable bonds is 7. The summed E-state index contributed by atoms with van der Waals surface area (Å²) in [4.78, 5) is 22.4. The first-order valence-corrected chi connectivity index (χ1v) is 6.25. The van der Waals surface area contributed by atoms with Gasteiger partial charge in [-0.15, -0.1) is 0 Å². The molecule has 0 atom stereocenters. The maximum absolute atomic E-state index is 11.5. The predicted molar refractivity (Wildman–Crippen MR) is 72.7 cm³/mol. The zero-order chi connectivity index (χ0) is 14.3. The third-order valence-corrected chi connectivity index (χ3v) is 2.20. The van der Waals surface area contributed by atoms with Gasteiger partial charge in [-0.2, -0.15) is 0 Å². The normalized spacial score (nSPS) is 9.84. The van der Waals surface area contributed by atoms with Crippen LogP contribution in [-0.2, 0) is 9.59 Å². The maximum Gasteiger partial charge on any atom is 0.231 e. The highest BCUT2D eigenvalue weighted by molar-refractivity contribution is 6.03. The molecule has 0 radical (unpaired) electrons. The van der Waals surface area contributed by atoms with Gasteiger partial charge in [-0.1, -0.05) is 0 Å². The van der Waals surface area contributed by atoms with Crippen LogP contribution in [0, 0.1) is 0 Å². The van der Waals surface area contributed by atoms with Crippen molar-refractivity contribution in [3.05, 3.63) is 18.2 Å². The molecule has 0 aliphatic heterocycles. The molecular formula is C14H19NO4. The molecule has 5 heteroatoms. The summed E-state index contributed by atoms with van der Waals surface area (Å²) >= 11 is 0. The fourth-order valence-electron chi connectivity index (χ4n) is 1.58. The van der Waals surface area contributed by atoms with E-state index in [2.05, 4.69) is 5.32 Å². The monoisotopic (exact) mass is 265 g/mol. The van der Waals surface area contributed by atoms with Gasteiger partial charge in [0.1, 0.15) is 17.3 Å². The van der Waals surface area contributed by atoms with Crippen molar-refractivity contribution in [3.8, 4) is 11.5 Å². The summed E-state index contributed by atoms with van der Waals surface area (Å²) in [5.74, 6) is 0.713. The number of ether oxygens (including phenoxy) is 2. The van der Waals surface area contributed by atoms with E-state index in [1.54, 1.807) is 18.2 Å². The quantitative estimate of drug-likeness (QED) is 0.769. The third kappa shape index (κ3) is 5.42. The Morgan fingerprint density at radius 1 is 1.05 bits per heavy atom. The van der Waals surface area contributed by atoms with Crippen LogP contribution in [0.2, 0.25) is 0 Å². The van der Waals surface area contributed by atoms with Gasteiger partial charge in [-0.25, -0.2) is 0 Å². The number of carbonyl (C=O) groups is 2. The second-order valence-electron chi connectivity index (χ2n) is 3.99. The highest BCUT2D eigenvalue weighted by Crippen LogP contribution is 2.26. The lowest BCUT2D eigenvalue weighted by atomic mass is 10.2. The van der Waals surface area contributed by atoms with Crippen LogP contribution in [0.1, 0.15) is 27.2 Å². The van der Waals surface area contributed by atoms with E-state index < -0.39 is 0 Å². The number of benzene rings is 1. The Bertz CT molecular complexity index is 433. The highest BCUT2D eigenvalue weighted by Gasteiger charge is 2.08. The smallest absolute Gasteiger partial charge is 0.231 e. The number of hydrogen-bond acceptors (Lipinski definition) is 4. The van der Waals surface area contributed by atoms with E-state index in [0.717, 1.165) is 0 Å². The van der Waals surface area contributed by atoms with Gasteiger partial charge in [-0.3, -0.25) is 9.59 Å². The van der Waals surface area contributed by atoms with Gasteiger partial charge in [-0.05, 0) is 20.8 Å². The van der Waals surface area contributed by atoms with Crippen molar-refractivity contribution in [2.24, 2.45) is 0 Å². The molecule has 0 unspecified atom stereocenters. The van der Waals surface area contributed by atoms with Gasteiger partial charge in [0.25, 0.3) is 0 Å². The summed E-state index contributed by atoms with van der Waals surface area (Å²) in [7, 11) is 0. The number of anilines is 1. The van der Waals surface area contributed by atoms with Crippen molar-refractivity contribution in [2.45, 2.75) is 27.2 Å². The van der Waals surface area contributed by atoms with Crippen LogP contribution in [0.5, 0.6) is 11.5 Å². The molecule has 1 rings (SSSR count). The average molecular weight is 265 g/mol. The summed E-state index contributed by atoms with van der Waals surface area (Å²) in [5, 5.41) is 2.65. The van der Waals surface area contributed by atoms with E-state index in [1.807, 2.05) is 13.8 Å².